The van der Waals surface area contributed by atoms with Crippen LogP contribution in [0.3, 0.4) is 0 Å². The van der Waals surface area contributed by atoms with Crippen LogP contribution in [0.4, 0.5) is 0 Å². The number of phenols is 1. The van der Waals surface area contributed by atoms with Crippen LogP contribution in [-0.4, -0.2) is 23.1 Å². The van der Waals surface area contributed by atoms with Gasteiger partial charge in [-0.05, 0) is 50.9 Å². The summed E-state index contributed by atoms with van der Waals surface area (Å²) in [4.78, 5) is 14.1. The number of likely N-dealkylation sites (tertiary alicyclic amines) is 1. The van der Waals surface area contributed by atoms with Gasteiger partial charge in [-0.25, -0.2) is 4.79 Å². The van der Waals surface area contributed by atoms with Crippen LogP contribution in [0.5, 0.6) is 5.75 Å². The van der Waals surface area contributed by atoms with Crippen LogP contribution in [-0.2, 0) is 13.0 Å². The molecule has 0 radical (unpaired) electrons. The summed E-state index contributed by atoms with van der Waals surface area (Å²) in [5.41, 5.74) is 2.80. The van der Waals surface area contributed by atoms with Crippen molar-refractivity contribution in [1.29, 1.82) is 0 Å². The Morgan fingerprint density at radius 1 is 1.23 bits per heavy atom. The molecule has 0 aliphatic carbocycles. The summed E-state index contributed by atoms with van der Waals surface area (Å²) in [6.07, 6.45) is 4.27. The van der Waals surface area contributed by atoms with E-state index in [0.717, 1.165) is 49.0 Å². The first-order chi connectivity index (χ1) is 10.6. The van der Waals surface area contributed by atoms with Crippen molar-refractivity contribution in [3.05, 3.63) is 39.2 Å². The van der Waals surface area contributed by atoms with E-state index in [1.165, 1.54) is 12.8 Å². The van der Waals surface area contributed by atoms with Gasteiger partial charge < -0.3 is 9.52 Å². The summed E-state index contributed by atoms with van der Waals surface area (Å²) in [6.45, 7) is 6.85. The molecule has 118 valence electrons. The maximum Gasteiger partial charge on any atom is 0.336 e. The molecule has 0 bridgehead atoms. The monoisotopic (exact) mass is 301 g/mol. The largest absolute Gasteiger partial charge is 0.507 e. The van der Waals surface area contributed by atoms with Gasteiger partial charge in [-0.2, -0.15) is 0 Å². The average molecular weight is 301 g/mol. The third kappa shape index (κ3) is 2.75. The predicted octanol–water partition coefficient (Wildman–Crippen LogP) is 3.36. The highest BCUT2D eigenvalue weighted by molar-refractivity contribution is 5.86. The predicted molar refractivity (Wildman–Crippen MR) is 87.4 cm³/mol. The maximum atomic E-state index is 11.7. The van der Waals surface area contributed by atoms with E-state index in [1.54, 1.807) is 6.07 Å². The first kappa shape index (κ1) is 15.1. The van der Waals surface area contributed by atoms with Gasteiger partial charge in [0.1, 0.15) is 11.3 Å². The Hall–Kier alpha value is -1.81. The highest BCUT2D eigenvalue weighted by atomic mass is 16.4. The zero-order valence-corrected chi connectivity index (χ0v) is 13.3. The summed E-state index contributed by atoms with van der Waals surface area (Å²) >= 11 is 0. The second-order valence-electron chi connectivity index (χ2n) is 6.21. The van der Waals surface area contributed by atoms with Gasteiger partial charge in [0, 0.05) is 29.1 Å². The SMILES string of the molecule is CCCc1cc(=O)oc2c(C)c(O)c(CN3CCCC3)cc12. The van der Waals surface area contributed by atoms with Crippen molar-refractivity contribution < 1.29 is 9.52 Å². The summed E-state index contributed by atoms with van der Waals surface area (Å²) in [5, 5.41) is 11.4. The van der Waals surface area contributed by atoms with Crippen molar-refractivity contribution in [1.82, 2.24) is 4.90 Å². The molecule has 1 aliphatic heterocycles. The number of nitrogens with zero attached hydrogens (tertiary/aromatic N) is 1. The fraction of sp³-hybridized carbons (Fsp3) is 0.500. The molecule has 1 fully saturated rings. The Bertz CT molecular complexity index is 742. The van der Waals surface area contributed by atoms with Crippen LogP contribution in [0, 0.1) is 6.92 Å². The van der Waals surface area contributed by atoms with E-state index < -0.39 is 0 Å². The minimum absolute atomic E-state index is 0.260. The van der Waals surface area contributed by atoms with E-state index >= 15 is 0 Å². The lowest BCUT2D eigenvalue weighted by Crippen LogP contribution is -2.18. The number of fused-ring (bicyclic) bond motifs is 1. The van der Waals surface area contributed by atoms with Crippen LogP contribution in [0.15, 0.2) is 21.3 Å². The summed E-state index contributed by atoms with van der Waals surface area (Å²) in [5.74, 6) is 0.260. The topological polar surface area (TPSA) is 53.7 Å². The maximum absolute atomic E-state index is 11.7. The van der Waals surface area contributed by atoms with Crippen molar-refractivity contribution >= 4 is 11.0 Å². The molecule has 0 amide bonds. The Kier molecular flexibility index (Phi) is 4.21. The molecule has 3 rings (SSSR count). The number of phenolic OH excluding ortho intramolecular Hbond substituents is 1. The summed E-state index contributed by atoms with van der Waals surface area (Å²) < 4.78 is 5.36. The summed E-state index contributed by atoms with van der Waals surface area (Å²) in [6, 6.07) is 3.59. The normalized spacial score (nSPS) is 15.7. The van der Waals surface area contributed by atoms with Gasteiger partial charge in [0.15, 0.2) is 0 Å². The van der Waals surface area contributed by atoms with E-state index in [1.807, 2.05) is 13.0 Å². The minimum Gasteiger partial charge on any atom is -0.507 e. The molecule has 2 aromatic rings. The third-order valence-electron chi connectivity index (χ3n) is 4.52. The zero-order valence-electron chi connectivity index (χ0n) is 13.3. The standard InChI is InChI=1S/C18H23NO3/c1-3-6-13-10-16(20)22-18-12(2)17(21)14(9-15(13)18)11-19-7-4-5-8-19/h9-10,21H,3-8,11H2,1-2H3. The van der Waals surface area contributed by atoms with E-state index in [-0.39, 0.29) is 11.4 Å². The van der Waals surface area contributed by atoms with E-state index in [2.05, 4.69) is 11.8 Å². The molecule has 4 nitrogen and oxygen atoms in total. The van der Waals surface area contributed by atoms with E-state index in [0.29, 0.717) is 11.1 Å². The highest BCUT2D eigenvalue weighted by Gasteiger charge is 2.18. The van der Waals surface area contributed by atoms with Crippen molar-refractivity contribution in [3.63, 3.8) is 0 Å². The number of hydrogen-bond acceptors (Lipinski definition) is 4. The van der Waals surface area contributed by atoms with Crippen LogP contribution in [0.25, 0.3) is 11.0 Å². The lowest BCUT2D eigenvalue weighted by molar-refractivity contribution is 0.324. The second kappa shape index (κ2) is 6.13. The molecule has 1 aromatic carbocycles. The lowest BCUT2D eigenvalue weighted by atomic mass is 9.99. The molecule has 0 saturated carbocycles. The first-order valence-corrected chi connectivity index (χ1v) is 8.10. The second-order valence-corrected chi connectivity index (χ2v) is 6.21. The van der Waals surface area contributed by atoms with Gasteiger partial charge in [0.2, 0.25) is 0 Å². The Labute approximate surface area is 130 Å². The Balaban J connectivity index is 2.13. The molecule has 0 spiro atoms. The van der Waals surface area contributed by atoms with Gasteiger partial charge in [-0.3, -0.25) is 4.90 Å². The van der Waals surface area contributed by atoms with Crippen LogP contribution < -0.4 is 5.63 Å². The van der Waals surface area contributed by atoms with Gasteiger partial charge in [-0.1, -0.05) is 13.3 Å². The third-order valence-corrected chi connectivity index (χ3v) is 4.52. The van der Waals surface area contributed by atoms with Crippen molar-refractivity contribution in [2.45, 2.75) is 46.1 Å². The van der Waals surface area contributed by atoms with Gasteiger partial charge in [0.05, 0.1) is 0 Å². The fourth-order valence-corrected chi connectivity index (χ4v) is 3.36. The fourth-order valence-electron chi connectivity index (χ4n) is 3.36. The molecular formula is C18H23NO3. The van der Waals surface area contributed by atoms with Crippen molar-refractivity contribution in [2.75, 3.05) is 13.1 Å². The molecule has 2 heterocycles. The Morgan fingerprint density at radius 3 is 2.64 bits per heavy atom. The quantitative estimate of drug-likeness (QED) is 0.880. The van der Waals surface area contributed by atoms with Crippen LogP contribution in [0.2, 0.25) is 0 Å². The van der Waals surface area contributed by atoms with Gasteiger partial charge in [-0.15, -0.1) is 0 Å². The highest BCUT2D eigenvalue weighted by Crippen LogP contribution is 2.33. The Morgan fingerprint density at radius 2 is 1.95 bits per heavy atom. The minimum atomic E-state index is -0.342. The number of benzene rings is 1. The zero-order chi connectivity index (χ0) is 15.7. The van der Waals surface area contributed by atoms with Gasteiger partial charge in [0.25, 0.3) is 0 Å². The van der Waals surface area contributed by atoms with E-state index in [4.69, 9.17) is 4.42 Å². The van der Waals surface area contributed by atoms with Crippen molar-refractivity contribution in [2.24, 2.45) is 0 Å². The lowest BCUT2D eigenvalue weighted by Gasteiger charge is -2.18. The number of aromatic hydroxyl groups is 1. The number of rotatable bonds is 4. The molecule has 1 N–H and O–H groups in total. The number of hydrogen-bond donors (Lipinski definition) is 1. The molecular weight excluding hydrogens is 278 g/mol. The molecule has 22 heavy (non-hydrogen) atoms. The number of aryl methyl sites for hydroxylation is 2. The molecule has 1 aromatic heterocycles. The summed E-state index contributed by atoms with van der Waals surface area (Å²) in [7, 11) is 0. The molecule has 1 saturated heterocycles. The molecule has 4 heteroatoms. The molecule has 1 aliphatic rings. The average Bonchev–Trinajstić information content (AvgIpc) is 2.99. The first-order valence-electron chi connectivity index (χ1n) is 8.10. The smallest absolute Gasteiger partial charge is 0.336 e. The van der Waals surface area contributed by atoms with Crippen LogP contribution in [0.1, 0.15) is 42.9 Å². The van der Waals surface area contributed by atoms with Gasteiger partial charge >= 0.3 is 5.63 Å². The van der Waals surface area contributed by atoms with E-state index in [9.17, 15) is 9.90 Å². The van der Waals surface area contributed by atoms with Crippen molar-refractivity contribution in [3.8, 4) is 5.75 Å². The molecule has 0 unspecified atom stereocenters. The molecule has 0 atom stereocenters. The van der Waals surface area contributed by atoms with Crippen LogP contribution >= 0.6 is 0 Å².